The first-order valence-corrected chi connectivity index (χ1v) is 7.20. The molecule has 0 saturated heterocycles. The highest BCUT2D eigenvalue weighted by Gasteiger charge is 2.11. The summed E-state index contributed by atoms with van der Waals surface area (Å²) in [5, 5.41) is 0. The predicted molar refractivity (Wildman–Crippen MR) is 79.9 cm³/mol. The average molecular weight is 271 g/mol. The summed E-state index contributed by atoms with van der Waals surface area (Å²) in [7, 11) is 0. The monoisotopic (exact) mass is 271 g/mol. The number of carbonyl (C=O) groups is 1. The Morgan fingerprint density at radius 2 is 1.68 bits per heavy atom. The molecule has 2 aromatic rings. The molecular formula is C16H17NOS. The molecule has 0 bridgehead atoms. The summed E-state index contributed by atoms with van der Waals surface area (Å²) < 4.78 is 0. The second kappa shape index (κ2) is 6.02. The average Bonchev–Trinajstić information content (AvgIpc) is 2.41. The first-order valence-electron chi connectivity index (χ1n) is 6.22. The van der Waals surface area contributed by atoms with Crippen molar-refractivity contribution in [3.8, 4) is 0 Å². The van der Waals surface area contributed by atoms with Gasteiger partial charge in [0, 0.05) is 22.9 Å². The predicted octanol–water partition coefficient (Wildman–Crippen LogP) is 3.98. The number of aromatic nitrogens is 1. The molecule has 0 amide bonds. The molecule has 0 saturated carbocycles. The standard InChI is InChI=1S/C16H17NOS/c1-11-8-13(3)15(9-12(11)2)16(18)10-19-14-4-6-17-7-5-14/h4-9H,10H2,1-3H3. The van der Waals surface area contributed by atoms with Crippen molar-refractivity contribution in [1.82, 2.24) is 4.98 Å². The zero-order valence-corrected chi connectivity index (χ0v) is 12.3. The van der Waals surface area contributed by atoms with Crippen molar-refractivity contribution in [2.75, 3.05) is 5.75 Å². The van der Waals surface area contributed by atoms with Gasteiger partial charge in [-0.3, -0.25) is 9.78 Å². The van der Waals surface area contributed by atoms with Crippen molar-refractivity contribution in [3.63, 3.8) is 0 Å². The van der Waals surface area contributed by atoms with Crippen LogP contribution in [0.2, 0.25) is 0 Å². The number of ketones is 1. The van der Waals surface area contributed by atoms with Gasteiger partial charge in [-0.25, -0.2) is 0 Å². The van der Waals surface area contributed by atoms with Crippen LogP contribution in [0.5, 0.6) is 0 Å². The highest BCUT2D eigenvalue weighted by Crippen LogP contribution is 2.21. The Morgan fingerprint density at radius 1 is 1.05 bits per heavy atom. The van der Waals surface area contributed by atoms with Gasteiger partial charge in [-0.15, -0.1) is 11.8 Å². The SMILES string of the molecule is Cc1cc(C)c(C(=O)CSc2ccncc2)cc1C. The lowest BCUT2D eigenvalue weighted by Gasteiger charge is -2.09. The van der Waals surface area contributed by atoms with Gasteiger partial charge < -0.3 is 0 Å². The summed E-state index contributed by atoms with van der Waals surface area (Å²) in [5.41, 5.74) is 4.30. The lowest BCUT2D eigenvalue weighted by atomic mass is 9.99. The maximum absolute atomic E-state index is 12.3. The van der Waals surface area contributed by atoms with Gasteiger partial charge in [0.2, 0.25) is 0 Å². The number of benzene rings is 1. The maximum atomic E-state index is 12.3. The van der Waals surface area contributed by atoms with Crippen LogP contribution < -0.4 is 0 Å². The Balaban J connectivity index is 2.10. The molecule has 0 atom stereocenters. The molecule has 0 radical (unpaired) electrons. The second-order valence-electron chi connectivity index (χ2n) is 4.65. The normalized spacial score (nSPS) is 10.5. The van der Waals surface area contributed by atoms with Gasteiger partial charge >= 0.3 is 0 Å². The fourth-order valence-corrected chi connectivity index (χ4v) is 2.69. The molecule has 0 unspecified atom stereocenters. The molecule has 2 nitrogen and oxygen atoms in total. The molecule has 19 heavy (non-hydrogen) atoms. The van der Waals surface area contributed by atoms with E-state index in [0.29, 0.717) is 5.75 Å². The van der Waals surface area contributed by atoms with E-state index < -0.39 is 0 Å². The van der Waals surface area contributed by atoms with Gasteiger partial charge in [-0.05, 0) is 55.7 Å². The van der Waals surface area contributed by atoms with E-state index in [1.165, 1.54) is 11.1 Å². The molecule has 0 fully saturated rings. The van der Waals surface area contributed by atoms with Gasteiger partial charge in [0.15, 0.2) is 5.78 Å². The van der Waals surface area contributed by atoms with Crippen LogP contribution in [0.1, 0.15) is 27.0 Å². The highest BCUT2D eigenvalue weighted by atomic mass is 32.2. The minimum absolute atomic E-state index is 0.183. The Kier molecular flexibility index (Phi) is 4.38. The first-order chi connectivity index (χ1) is 9.08. The number of carbonyl (C=O) groups excluding carboxylic acids is 1. The highest BCUT2D eigenvalue weighted by molar-refractivity contribution is 8.00. The first kappa shape index (κ1) is 13.8. The van der Waals surface area contributed by atoms with Crippen LogP contribution in [0.25, 0.3) is 0 Å². The number of nitrogens with zero attached hydrogens (tertiary/aromatic N) is 1. The molecular weight excluding hydrogens is 254 g/mol. The zero-order valence-electron chi connectivity index (χ0n) is 11.4. The Hall–Kier alpha value is -1.61. The quantitative estimate of drug-likeness (QED) is 0.622. The van der Waals surface area contributed by atoms with Crippen LogP contribution in [0, 0.1) is 20.8 Å². The van der Waals surface area contributed by atoms with Crippen LogP contribution in [-0.4, -0.2) is 16.5 Å². The van der Waals surface area contributed by atoms with Crippen LogP contribution >= 0.6 is 11.8 Å². The number of Topliss-reactive ketones (excluding diaryl/α,β-unsaturated/α-hetero) is 1. The van der Waals surface area contributed by atoms with Crippen molar-refractivity contribution < 1.29 is 4.79 Å². The third kappa shape index (κ3) is 3.44. The molecule has 0 aliphatic heterocycles. The number of pyridine rings is 1. The van der Waals surface area contributed by atoms with Gasteiger partial charge in [0.1, 0.15) is 0 Å². The summed E-state index contributed by atoms with van der Waals surface area (Å²) in [6.45, 7) is 6.11. The van der Waals surface area contributed by atoms with Crippen molar-refractivity contribution in [1.29, 1.82) is 0 Å². The van der Waals surface area contributed by atoms with E-state index in [2.05, 4.69) is 18.0 Å². The van der Waals surface area contributed by atoms with Crippen LogP contribution in [0.3, 0.4) is 0 Å². The third-order valence-corrected chi connectivity index (χ3v) is 4.17. The molecule has 2 rings (SSSR count). The Bertz CT molecular complexity index is 593. The van der Waals surface area contributed by atoms with Gasteiger partial charge in [0.25, 0.3) is 0 Å². The topological polar surface area (TPSA) is 30.0 Å². The van der Waals surface area contributed by atoms with Gasteiger partial charge in [-0.2, -0.15) is 0 Å². The van der Waals surface area contributed by atoms with Crippen LogP contribution in [0.4, 0.5) is 0 Å². The molecule has 1 heterocycles. The minimum atomic E-state index is 0.183. The largest absolute Gasteiger partial charge is 0.293 e. The van der Waals surface area contributed by atoms with Crippen molar-refractivity contribution >= 4 is 17.5 Å². The van der Waals surface area contributed by atoms with Crippen LogP contribution in [0.15, 0.2) is 41.6 Å². The molecule has 98 valence electrons. The number of hydrogen-bond donors (Lipinski definition) is 0. The molecule has 0 aliphatic rings. The maximum Gasteiger partial charge on any atom is 0.173 e. The summed E-state index contributed by atoms with van der Waals surface area (Å²) in [4.78, 5) is 17.3. The zero-order chi connectivity index (χ0) is 13.8. The fraction of sp³-hybridized carbons (Fsp3) is 0.250. The van der Waals surface area contributed by atoms with E-state index in [-0.39, 0.29) is 5.78 Å². The molecule has 0 N–H and O–H groups in total. The number of aryl methyl sites for hydroxylation is 3. The summed E-state index contributed by atoms with van der Waals surface area (Å²) in [5.74, 6) is 0.648. The fourth-order valence-electron chi connectivity index (χ4n) is 1.92. The van der Waals surface area contributed by atoms with E-state index in [4.69, 9.17) is 0 Å². The molecule has 1 aromatic heterocycles. The summed E-state index contributed by atoms with van der Waals surface area (Å²) >= 11 is 1.55. The van der Waals surface area contributed by atoms with Crippen LogP contribution in [-0.2, 0) is 0 Å². The van der Waals surface area contributed by atoms with E-state index in [1.54, 1.807) is 24.2 Å². The van der Waals surface area contributed by atoms with Crippen molar-refractivity contribution in [2.24, 2.45) is 0 Å². The van der Waals surface area contributed by atoms with Gasteiger partial charge in [0.05, 0.1) is 5.75 Å². The Morgan fingerprint density at radius 3 is 2.37 bits per heavy atom. The Labute approximate surface area is 118 Å². The van der Waals surface area contributed by atoms with E-state index in [1.807, 2.05) is 32.0 Å². The summed E-state index contributed by atoms with van der Waals surface area (Å²) in [6, 6.07) is 7.93. The lowest BCUT2D eigenvalue weighted by Crippen LogP contribution is -2.06. The molecule has 0 spiro atoms. The van der Waals surface area contributed by atoms with E-state index >= 15 is 0 Å². The molecule has 1 aromatic carbocycles. The van der Waals surface area contributed by atoms with E-state index in [9.17, 15) is 4.79 Å². The number of thioether (sulfide) groups is 1. The van der Waals surface area contributed by atoms with Gasteiger partial charge in [-0.1, -0.05) is 6.07 Å². The van der Waals surface area contributed by atoms with Crippen molar-refractivity contribution in [3.05, 3.63) is 58.9 Å². The lowest BCUT2D eigenvalue weighted by molar-refractivity contribution is 0.102. The van der Waals surface area contributed by atoms with Crippen molar-refractivity contribution in [2.45, 2.75) is 25.7 Å². The summed E-state index contributed by atoms with van der Waals surface area (Å²) in [6.07, 6.45) is 3.49. The third-order valence-electron chi connectivity index (χ3n) is 3.16. The molecule has 3 heteroatoms. The van der Waals surface area contributed by atoms with E-state index in [0.717, 1.165) is 16.0 Å². The number of hydrogen-bond acceptors (Lipinski definition) is 3. The number of rotatable bonds is 4. The minimum Gasteiger partial charge on any atom is -0.293 e. The second-order valence-corrected chi connectivity index (χ2v) is 5.69. The smallest absolute Gasteiger partial charge is 0.173 e. The molecule has 0 aliphatic carbocycles.